The van der Waals surface area contributed by atoms with Crippen molar-refractivity contribution in [3.05, 3.63) is 0 Å². The molecule has 0 atom stereocenters. The quantitative estimate of drug-likeness (QED) is 0.183. The zero-order valence-electron chi connectivity index (χ0n) is 18.6. The average Bonchev–Trinajstić information content (AvgIpc) is 2.72. The molecule has 0 amide bonds. The molecule has 0 unspecified atom stereocenters. The Morgan fingerprint density at radius 1 is 0.643 bits per heavy atom. The van der Waals surface area contributed by atoms with E-state index in [-0.39, 0.29) is 5.97 Å². The van der Waals surface area contributed by atoms with Gasteiger partial charge in [0.25, 0.3) is 0 Å². The number of hydrogen-bond donors (Lipinski definition) is 1. The smallest absolute Gasteiger partial charge is 0.305 e. The van der Waals surface area contributed by atoms with Gasteiger partial charge in [0.15, 0.2) is 0 Å². The van der Waals surface area contributed by atoms with Crippen molar-refractivity contribution in [1.82, 2.24) is 0 Å². The normalized spacial score (nSPS) is 15.0. The van der Waals surface area contributed by atoms with Crippen LogP contribution in [0, 0.1) is 5.92 Å². The lowest BCUT2D eigenvalue weighted by molar-refractivity contribution is -0.145. The molecular formula is C25H48O3. The second-order valence-corrected chi connectivity index (χ2v) is 8.96. The molecule has 1 N–H and O–H groups in total. The molecule has 0 aromatic rings. The first kappa shape index (κ1) is 25.5. The van der Waals surface area contributed by atoms with Crippen LogP contribution in [0.3, 0.4) is 0 Å². The van der Waals surface area contributed by atoms with Crippen molar-refractivity contribution in [2.45, 2.75) is 135 Å². The molecule has 3 heteroatoms. The molecule has 0 heterocycles. The monoisotopic (exact) mass is 396 g/mol. The second-order valence-electron chi connectivity index (χ2n) is 8.96. The molecule has 1 aliphatic rings. The predicted molar refractivity (Wildman–Crippen MR) is 118 cm³/mol. The van der Waals surface area contributed by atoms with Gasteiger partial charge in [-0.15, -0.1) is 0 Å². The highest BCUT2D eigenvalue weighted by Gasteiger charge is 2.15. The first-order valence-electron chi connectivity index (χ1n) is 12.6. The van der Waals surface area contributed by atoms with Gasteiger partial charge in [-0.3, -0.25) is 4.79 Å². The average molecular weight is 397 g/mol. The Labute approximate surface area is 175 Å². The molecule has 1 fully saturated rings. The predicted octanol–water partition coefficient (Wildman–Crippen LogP) is 7.34. The Morgan fingerprint density at radius 2 is 1.07 bits per heavy atom. The Kier molecular flexibility index (Phi) is 17.9. The molecule has 1 saturated carbocycles. The number of aliphatic hydroxyl groups is 1. The third-order valence-electron chi connectivity index (χ3n) is 6.24. The van der Waals surface area contributed by atoms with Crippen LogP contribution in [-0.2, 0) is 9.53 Å². The third-order valence-corrected chi connectivity index (χ3v) is 6.24. The summed E-state index contributed by atoms with van der Waals surface area (Å²) in [5.41, 5.74) is 0. The Balaban J connectivity index is 1.72. The molecule has 28 heavy (non-hydrogen) atoms. The van der Waals surface area contributed by atoms with E-state index in [4.69, 9.17) is 9.84 Å². The van der Waals surface area contributed by atoms with Gasteiger partial charge in [0.05, 0.1) is 6.61 Å². The van der Waals surface area contributed by atoms with E-state index >= 15 is 0 Å². The van der Waals surface area contributed by atoms with Crippen LogP contribution in [0.25, 0.3) is 0 Å². The fraction of sp³-hybridized carbons (Fsp3) is 0.960. The zero-order valence-corrected chi connectivity index (χ0v) is 18.6. The standard InChI is InChI=1S/C25H48O3/c26-22-18-13-11-9-7-5-3-1-2-4-6-8-10-12-17-21-25(27)28-23-24-19-15-14-16-20-24/h24,26H,1-23H2. The van der Waals surface area contributed by atoms with Crippen molar-refractivity contribution >= 4 is 5.97 Å². The summed E-state index contributed by atoms with van der Waals surface area (Å²) < 4.78 is 5.46. The third kappa shape index (κ3) is 16.4. The van der Waals surface area contributed by atoms with Gasteiger partial charge in [-0.1, -0.05) is 103 Å². The van der Waals surface area contributed by atoms with Crippen LogP contribution in [0.1, 0.15) is 135 Å². The number of hydrogen-bond acceptors (Lipinski definition) is 3. The molecule has 166 valence electrons. The number of carbonyl (C=O) groups excluding carboxylic acids is 1. The SMILES string of the molecule is O=C(CCCCCCCCCCCCCCCCCO)OCC1CCCCC1. The molecule has 0 aliphatic heterocycles. The number of carbonyl (C=O) groups is 1. The zero-order chi connectivity index (χ0) is 20.1. The molecule has 0 radical (unpaired) electrons. The van der Waals surface area contributed by atoms with E-state index in [1.807, 2.05) is 0 Å². The van der Waals surface area contributed by atoms with E-state index < -0.39 is 0 Å². The summed E-state index contributed by atoms with van der Waals surface area (Å²) in [6.45, 7) is 1.02. The molecule has 0 spiro atoms. The first-order chi connectivity index (χ1) is 13.8. The highest BCUT2D eigenvalue weighted by atomic mass is 16.5. The van der Waals surface area contributed by atoms with Crippen LogP contribution in [0.5, 0.6) is 0 Å². The van der Waals surface area contributed by atoms with Crippen LogP contribution < -0.4 is 0 Å². The largest absolute Gasteiger partial charge is 0.465 e. The maximum Gasteiger partial charge on any atom is 0.305 e. The van der Waals surface area contributed by atoms with E-state index in [9.17, 15) is 4.79 Å². The molecule has 0 bridgehead atoms. The molecule has 0 aromatic heterocycles. The van der Waals surface area contributed by atoms with Crippen molar-refractivity contribution < 1.29 is 14.6 Å². The lowest BCUT2D eigenvalue weighted by atomic mass is 9.90. The summed E-state index contributed by atoms with van der Waals surface area (Å²) in [4.78, 5) is 11.8. The minimum Gasteiger partial charge on any atom is -0.465 e. The lowest BCUT2D eigenvalue weighted by Crippen LogP contribution is -2.16. The van der Waals surface area contributed by atoms with Gasteiger partial charge in [0.2, 0.25) is 0 Å². The van der Waals surface area contributed by atoms with Gasteiger partial charge in [-0.05, 0) is 31.6 Å². The van der Waals surface area contributed by atoms with Crippen molar-refractivity contribution in [3.63, 3.8) is 0 Å². The fourth-order valence-corrected chi connectivity index (χ4v) is 4.32. The van der Waals surface area contributed by atoms with E-state index in [0.29, 0.717) is 25.6 Å². The van der Waals surface area contributed by atoms with E-state index in [1.54, 1.807) is 0 Å². The van der Waals surface area contributed by atoms with Crippen LogP contribution >= 0.6 is 0 Å². The minimum absolute atomic E-state index is 0.0268. The van der Waals surface area contributed by atoms with Crippen LogP contribution in [-0.4, -0.2) is 24.3 Å². The van der Waals surface area contributed by atoms with Gasteiger partial charge in [-0.2, -0.15) is 0 Å². The number of esters is 1. The van der Waals surface area contributed by atoms with E-state index in [1.165, 1.54) is 116 Å². The molecule has 3 nitrogen and oxygen atoms in total. The fourth-order valence-electron chi connectivity index (χ4n) is 4.32. The highest BCUT2D eigenvalue weighted by Crippen LogP contribution is 2.23. The van der Waals surface area contributed by atoms with Crippen molar-refractivity contribution in [2.24, 2.45) is 5.92 Å². The second kappa shape index (κ2) is 19.7. The molecule has 1 aliphatic carbocycles. The summed E-state index contributed by atoms with van der Waals surface area (Å²) >= 11 is 0. The number of aliphatic hydroxyl groups excluding tert-OH is 1. The van der Waals surface area contributed by atoms with Gasteiger partial charge in [-0.25, -0.2) is 0 Å². The van der Waals surface area contributed by atoms with Crippen LogP contribution in [0.2, 0.25) is 0 Å². The van der Waals surface area contributed by atoms with Gasteiger partial charge in [0, 0.05) is 13.0 Å². The van der Waals surface area contributed by atoms with Crippen molar-refractivity contribution in [3.8, 4) is 0 Å². The molecule has 1 rings (SSSR count). The number of ether oxygens (including phenoxy) is 1. The van der Waals surface area contributed by atoms with Crippen LogP contribution in [0.4, 0.5) is 0 Å². The van der Waals surface area contributed by atoms with Gasteiger partial charge >= 0.3 is 5.97 Å². The summed E-state index contributed by atoms with van der Waals surface area (Å²) in [5, 5.41) is 8.73. The van der Waals surface area contributed by atoms with Crippen molar-refractivity contribution in [1.29, 1.82) is 0 Å². The van der Waals surface area contributed by atoms with E-state index in [2.05, 4.69) is 0 Å². The summed E-state index contributed by atoms with van der Waals surface area (Å²) in [5.74, 6) is 0.661. The summed E-state index contributed by atoms with van der Waals surface area (Å²) in [6, 6.07) is 0. The van der Waals surface area contributed by atoms with Gasteiger partial charge < -0.3 is 9.84 Å². The maximum absolute atomic E-state index is 11.8. The molecule has 0 saturated heterocycles. The van der Waals surface area contributed by atoms with Crippen LogP contribution in [0.15, 0.2) is 0 Å². The number of unbranched alkanes of at least 4 members (excludes halogenated alkanes) is 14. The maximum atomic E-state index is 11.8. The van der Waals surface area contributed by atoms with Gasteiger partial charge in [0.1, 0.15) is 0 Å². The summed E-state index contributed by atoms with van der Waals surface area (Å²) in [6.07, 6.45) is 26.3. The minimum atomic E-state index is 0.0268. The molecular weight excluding hydrogens is 348 g/mol. The summed E-state index contributed by atoms with van der Waals surface area (Å²) in [7, 11) is 0. The molecule has 0 aromatic carbocycles. The van der Waals surface area contributed by atoms with E-state index in [0.717, 1.165) is 12.8 Å². The highest BCUT2D eigenvalue weighted by molar-refractivity contribution is 5.69. The Bertz CT molecular complexity index is 337. The topological polar surface area (TPSA) is 46.5 Å². The van der Waals surface area contributed by atoms with Crippen molar-refractivity contribution in [2.75, 3.05) is 13.2 Å². The lowest BCUT2D eigenvalue weighted by Gasteiger charge is -2.20. The Morgan fingerprint density at radius 3 is 1.54 bits per heavy atom. The Hall–Kier alpha value is -0.570. The first-order valence-corrected chi connectivity index (χ1v) is 12.6. The number of rotatable bonds is 19.